The lowest BCUT2D eigenvalue weighted by Gasteiger charge is -2.19. The molecule has 10 heavy (non-hydrogen) atoms. The van der Waals surface area contributed by atoms with Crippen molar-refractivity contribution in [2.75, 3.05) is 13.1 Å². The van der Waals surface area contributed by atoms with Gasteiger partial charge in [0.25, 0.3) is 0 Å². The van der Waals surface area contributed by atoms with Crippen molar-refractivity contribution in [3.8, 4) is 0 Å². The van der Waals surface area contributed by atoms with Gasteiger partial charge in [-0.05, 0) is 0 Å². The molecule has 5 heteroatoms. The highest BCUT2D eigenvalue weighted by molar-refractivity contribution is 4.75. The third-order valence-electron chi connectivity index (χ3n) is 1.27. The van der Waals surface area contributed by atoms with Crippen molar-refractivity contribution in [2.45, 2.75) is 18.3 Å². The maximum atomic E-state index is 8.93. The van der Waals surface area contributed by atoms with Gasteiger partial charge >= 0.3 is 0 Å². The van der Waals surface area contributed by atoms with Crippen LogP contribution in [0, 0.1) is 0 Å². The van der Waals surface area contributed by atoms with Crippen LogP contribution in [-0.4, -0.2) is 46.7 Å². The minimum atomic E-state index is -1.24. The normalized spacial score (nSPS) is 20.1. The molecule has 3 atom stereocenters. The van der Waals surface area contributed by atoms with Crippen molar-refractivity contribution >= 4 is 0 Å². The topological polar surface area (TPSA) is 113 Å². The zero-order chi connectivity index (χ0) is 8.15. The van der Waals surface area contributed by atoms with Crippen LogP contribution in [0.1, 0.15) is 0 Å². The van der Waals surface area contributed by atoms with E-state index in [-0.39, 0.29) is 13.1 Å². The summed E-state index contributed by atoms with van der Waals surface area (Å²) < 4.78 is 0. The van der Waals surface area contributed by atoms with Gasteiger partial charge in [0.2, 0.25) is 0 Å². The maximum Gasteiger partial charge on any atom is 0.108 e. The molecule has 0 aliphatic rings. The average Bonchev–Trinajstić information content (AvgIpc) is 2.00. The zero-order valence-corrected chi connectivity index (χ0v) is 5.64. The molecule has 0 fully saturated rings. The third kappa shape index (κ3) is 2.59. The van der Waals surface area contributed by atoms with E-state index in [1.165, 1.54) is 0 Å². The number of hydrogen-bond acceptors (Lipinski definition) is 5. The molecular weight excluding hydrogens is 136 g/mol. The first-order valence-corrected chi connectivity index (χ1v) is 3.07. The van der Waals surface area contributed by atoms with Gasteiger partial charge in [0.05, 0.1) is 12.2 Å². The fourth-order valence-electron chi connectivity index (χ4n) is 0.535. The molecular formula is C5H14N2O3. The van der Waals surface area contributed by atoms with Gasteiger partial charge in [-0.3, -0.25) is 0 Å². The molecule has 0 bridgehead atoms. The second-order valence-corrected chi connectivity index (χ2v) is 2.10. The molecule has 7 N–H and O–H groups in total. The molecule has 0 saturated heterocycles. The van der Waals surface area contributed by atoms with Crippen LogP contribution < -0.4 is 11.5 Å². The van der Waals surface area contributed by atoms with E-state index >= 15 is 0 Å². The van der Waals surface area contributed by atoms with Crippen molar-refractivity contribution in [3.63, 3.8) is 0 Å². The molecule has 0 aromatic heterocycles. The maximum absolute atomic E-state index is 8.93. The van der Waals surface area contributed by atoms with Gasteiger partial charge in [-0.25, -0.2) is 0 Å². The summed E-state index contributed by atoms with van der Waals surface area (Å²) in [6, 6.07) is 0. The Morgan fingerprint density at radius 2 is 1.20 bits per heavy atom. The van der Waals surface area contributed by atoms with Crippen molar-refractivity contribution in [2.24, 2.45) is 11.5 Å². The smallest absolute Gasteiger partial charge is 0.108 e. The molecule has 5 nitrogen and oxygen atoms in total. The Balaban J connectivity index is 3.69. The van der Waals surface area contributed by atoms with E-state index in [2.05, 4.69) is 0 Å². The van der Waals surface area contributed by atoms with Crippen LogP contribution in [0.4, 0.5) is 0 Å². The van der Waals surface area contributed by atoms with E-state index in [4.69, 9.17) is 26.8 Å². The van der Waals surface area contributed by atoms with Gasteiger partial charge in [0, 0.05) is 13.1 Å². The van der Waals surface area contributed by atoms with E-state index in [0.29, 0.717) is 0 Å². The third-order valence-corrected chi connectivity index (χ3v) is 1.27. The van der Waals surface area contributed by atoms with Crippen molar-refractivity contribution < 1.29 is 15.3 Å². The minimum absolute atomic E-state index is 0.0851. The van der Waals surface area contributed by atoms with Crippen LogP contribution in [0.15, 0.2) is 0 Å². The Hall–Kier alpha value is -0.200. The van der Waals surface area contributed by atoms with Crippen LogP contribution >= 0.6 is 0 Å². The van der Waals surface area contributed by atoms with Gasteiger partial charge in [0.1, 0.15) is 6.10 Å². The molecule has 0 aliphatic carbocycles. The highest BCUT2D eigenvalue weighted by atomic mass is 16.4. The molecule has 62 valence electrons. The van der Waals surface area contributed by atoms with Crippen LogP contribution in [0.5, 0.6) is 0 Å². The fraction of sp³-hybridized carbons (Fsp3) is 1.00. The van der Waals surface area contributed by atoms with E-state index in [1.54, 1.807) is 0 Å². The van der Waals surface area contributed by atoms with Gasteiger partial charge in [-0.2, -0.15) is 0 Å². The lowest BCUT2D eigenvalue weighted by atomic mass is 10.1. The van der Waals surface area contributed by atoms with E-state index in [1.807, 2.05) is 0 Å². The molecule has 0 aromatic rings. The van der Waals surface area contributed by atoms with Crippen LogP contribution in [0.3, 0.4) is 0 Å². The summed E-state index contributed by atoms with van der Waals surface area (Å²) in [6.45, 7) is -0.170. The second kappa shape index (κ2) is 4.59. The quantitative estimate of drug-likeness (QED) is 0.293. The summed E-state index contributed by atoms with van der Waals surface area (Å²) >= 11 is 0. The summed E-state index contributed by atoms with van der Waals surface area (Å²) in [5.41, 5.74) is 10.0. The zero-order valence-electron chi connectivity index (χ0n) is 5.64. The van der Waals surface area contributed by atoms with Crippen molar-refractivity contribution in [1.82, 2.24) is 0 Å². The fourth-order valence-corrected chi connectivity index (χ4v) is 0.535. The SMILES string of the molecule is NC[C@@H](O)[C@H](O)[C@@H](O)CN. The van der Waals surface area contributed by atoms with Gasteiger partial charge in [0.15, 0.2) is 0 Å². The predicted molar refractivity (Wildman–Crippen MR) is 36.1 cm³/mol. The molecule has 0 saturated carbocycles. The monoisotopic (exact) mass is 150 g/mol. The Bertz CT molecular complexity index is 81.0. The minimum Gasteiger partial charge on any atom is -0.389 e. The van der Waals surface area contributed by atoms with Crippen LogP contribution in [0.25, 0.3) is 0 Å². The molecule has 0 rings (SSSR count). The van der Waals surface area contributed by atoms with E-state index in [0.717, 1.165) is 0 Å². The number of rotatable bonds is 4. The van der Waals surface area contributed by atoms with Crippen LogP contribution in [0.2, 0.25) is 0 Å². The summed E-state index contributed by atoms with van der Waals surface area (Å²) in [5, 5.41) is 26.6. The first-order chi connectivity index (χ1) is 4.63. The number of hydrogen-bond donors (Lipinski definition) is 5. The predicted octanol–water partition coefficient (Wildman–Crippen LogP) is -3.01. The highest BCUT2D eigenvalue weighted by Crippen LogP contribution is 1.96. The average molecular weight is 150 g/mol. The molecule has 0 unspecified atom stereocenters. The first kappa shape index (κ1) is 9.80. The van der Waals surface area contributed by atoms with E-state index < -0.39 is 18.3 Å². The number of nitrogens with two attached hydrogens (primary N) is 2. The van der Waals surface area contributed by atoms with Crippen LogP contribution in [-0.2, 0) is 0 Å². The molecule has 0 heterocycles. The first-order valence-electron chi connectivity index (χ1n) is 3.07. The summed E-state index contributed by atoms with van der Waals surface area (Å²) in [5.74, 6) is 0. The lowest BCUT2D eigenvalue weighted by Crippen LogP contribution is -2.44. The summed E-state index contributed by atoms with van der Waals surface area (Å²) in [7, 11) is 0. The standard InChI is InChI=1S/C5H14N2O3/c6-1-3(8)5(10)4(9)2-7/h3-5,8-10H,1-2,6-7H2/t3-,4+,5+. The Morgan fingerprint density at radius 1 is 0.900 bits per heavy atom. The number of aliphatic hydroxyl groups is 3. The Kier molecular flexibility index (Phi) is 4.50. The molecule has 0 amide bonds. The summed E-state index contributed by atoms with van der Waals surface area (Å²) in [4.78, 5) is 0. The molecule has 0 spiro atoms. The largest absolute Gasteiger partial charge is 0.389 e. The highest BCUT2D eigenvalue weighted by Gasteiger charge is 2.21. The Morgan fingerprint density at radius 3 is 1.40 bits per heavy atom. The Labute approximate surface area is 59.3 Å². The second-order valence-electron chi connectivity index (χ2n) is 2.10. The van der Waals surface area contributed by atoms with Gasteiger partial charge in [-0.15, -0.1) is 0 Å². The van der Waals surface area contributed by atoms with Gasteiger partial charge < -0.3 is 26.8 Å². The van der Waals surface area contributed by atoms with Gasteiger partial charge in [-0.1, -0.05) is 0 Å². The molecule has 0 aromatic carbocycles. The van der Waals surface area contributed by atoms with E-state index in [9.17, 15) is 0 Å². The van der Waals surface area contributed by atoms with Crippen molar-refractivity contribution in [1.29, 1.82) is 0 Å². The lowest BCUT2D eigenvalue weighted by molar-refractivity contribution is -0.0509. The molecule has 0 aliphatic heterocycles. The summed E-state index contributed by atoms with van der Waals surface area (Å²) in [6.07, 6.45) is -3.44. The number of aliphatic hydroxyl groups excluding tert-OH is 3. The molecule has 0 radical (unpaired) electrons. The van der Waals surface area contributed by atoms with Crippen molar-refractivity contribution in [3.05, 3.63) is 0 Å².